The molecule has 0 saturated carbocycles. The topological polar surface area (TPSA) is 75.3 Å². The van der Waals surface area contributed by atoms with Crippen molar-refractivity contribution >= 4 is 5.97 Å². The summed E-state index contributed by atoms with van der Waals surface area (Å²) < 4.78 is 11.7. The van der Waals surface area contributed by atoms with Crippen molar-refractivity contribution in [1.82, 2.24) is 5.54 Å². The molecule has 0 saturated heterocycles. The van der Waals surface area contributed by atoms with Gasteiger partial charge in [0, 0.05) is 0 Å². The van der Waals surface area contributed by atoms with Crippen LogP contribution >= 0.6 is 0 Å². The first-order valence-electron chi connectivity index (χ1n) is 3.51. The van der Waals surface area contributed by atoms with Crippen LogP contribution in [0.5, 0.6) is 0 Å². The smallest absolute Gasteiger partial charge is 0.323 e. The Kier molecular flexibility index (Phi) is 5.68. The number of hydrogen-bond donors (Lipinski definition) is 3. The molecule has 0 fully saturated rings. The number of aliphatic carboxylic acids is 1. The van der Waals surface area contributed by atoms with Gasteiger partial charge in [-0.25, -0.2) is 0 Å². The van der Waals surface area contributed by atoms with Gasteiger partial charge in [-0.3, -0.25) is 4.79 Å². The molecule has 0 heterocycles. The fourth-order valence-electron chi connectivity index (χ4n) is 0.717. The molecule has 0 aromatic carbocycles. The number of carboxylic acids is 1. The van der Waals surface area contributed by atoms with Crippen LogP contribution < -0.4 is 11.3 Å². The van der Waals surface area contributed by atoms with Gasteiger partial charge in [-0.05, 0) is 25.8 Å². The Labute approximate surface area is 64.5 Å². The summed E-state index contributed by atoms with van der Waals surface area (Å²) in [5, 5.41) is 8.34. The van der Waals surface area contributed by atoms with E-state index in [-0.39, 0.29) is 6.42 Å². The summed E-state index contributed by atoms with van der Waals surface area (Å²) in [5.41, 5.74) is 6.39. The lowest BCUT2D eigenvalue weighted by Crippen LogP contribution is -2.31. The van der Waals surface area contributed by atoms with Crippen molar-refractivity contribution in [3.8, 4) is 0 Å². The number of hydrogen-bond acceptors (Lipinski definition) is 3. The van der Waals surface area contributed by atoms with E-state index >= 15 is 0 Å². The maximum Gasteiger partial charge on any atom is 0.323 e. The Bertz CT molecular complexity index is 121. The van der Waals surface area contributed by atoms with Crippen molar-refractivity contribution in [2.75, 3.05) is 6.54 Å². The maximum atomic E-state index is 11.7. The summed E-state index contributed by atoms with van der Waals surface area (Å²) in [7, 11) is 0. The predicted octanol–water partition coefficient (Wildman–Crippen LogP) is 0.0427. The second-order valence-electron chi connectivity index (χ2n) is 2.28. The van der Waals surface area contributed by atoms with Crippen LogP contribution in [0.4, 0.5) is 4.48 Å². The van der Waals surface area contributed by atoms with Crippen LogP contribution in [0.2, 0.25) is 0 Å². The van der Waals surface area contributed by atoms with Gasteiger partial charge < -0.3 is 10.8 Å². The van der Waals surface area contributed by atoms with Gasteiger partial charge in [0.05, 0.1) is 0 Å². The van der Waals surface area contributed by atoms with Crippen LogP contribution in [0.25, 0.3) is 0 Å². The van der Waals surface area contributed by atoms with Crippen LogP contribution in [0.15, 0.2) is 0 Å². The zero-order valence-corrected chi connectivity index (χ0v) is 6.22. The highest BCUT2D eigenvalue weighted by molar-refractivity contribution is 5.73. The number of carboxylic acid groups (broad SMARTS) is 1. The number of unbranched alkanes of at least 4 members (excludes halogenated alkanes) is 1. The van der Waals surface area contributed by atoms with Gasteiger partial charge >= 0.3 is 5.97 Å². The van der Waals surface area contributed by atoms with E-state index in [0.717, 1.165) is 6.42 Å². The average molecular weight is 164 g/mol. The summed E-state index contributed by atoms with van der Waals surface area (Å²) in [5.74, 6) is -1.16. The van der Waals surface area contributed by atoms with Crippen LogP contribution in [0.1, 0.15) is 19.3 Å². The second-order valence-corrected chi connectivity index (χ2v) is 2.28. The molecular formula is C6H13FN2O2. The summed E-state index contributed by atoms with van der Waals surface area (Å²) >= 11 is 0. The first-order valence-corrected chi connectivity index (χ1v) is 3.51. The van der Waals surface area contributed by atoms with E-state index in [9.17, 15) is 9.28 Å². The molecule has 0 aromatic heterocycles. The molecule has 1 atom stereocenters. The quantitative estimate of drug-likeness (QED) is 0.383. The lowest BCUT2D eigenvalue weighted by molar-refractivity contribution is -0.141. The third kappa shape index (κ3) is 4.69. The van der Waals surface area contributed by atoms with E-state index in [4.69, 9.17) is 10.8 Å². The molecule has 5 heteroatoms. The van der Waals surface area contributed by atoms with Crippen LogP contribution in [-0.4, -0.2) is 23.7 Å². The Morgan fingerprint density at radius 1 is 1.64 bits per heavy atom. The Morgan fingerprint density at radius 2 is 2.27 bits per heavy atom. The second kappa shape index (κ2) is 6.06. The minimum atomic E-state index is -1.16. The molecular weight excluding hydrogens is 151 g/mol. The van der Waals surface area contributed by atoms with Gasteiger partial charge in [-0.15, -0.1) is 10.0 Å². The molecule has 0 bridgehead atoms. The third-order valence-electron chi connectivity index (χ3n) is 1.38. The van der Waals surface area contributed by atoms with Crippen molar-refractivity contribution in [2.45, 2.75) is 25.3 Å². The molecule has 4 N–H and O–H groups in total. The lowest BCUT2D eigenvalue weighted by Gasteiger charge is -2.06. The largest absolute Gasteiger partial charge is 0.480 e. The van der Waals surface area contributed by atoms with E-state index < -0.39 is 12.0 Å². The molecule has 0 amide bonds. The van der Waals surface area contributed by atoms with E-state index in [1.54, 1.807) is 0 Å². The first kappa shape index (κ1) is 10.3. The number of halogens is 1. The number of carbonyl (C=O) groups is 1. The van der Waals surface area contributed by atoms with Gasteiger partial charge in [0.25, 0.3) is 0 Å². The molecule has 66 valence electrons. The van der Waals surface area contributed by atoms with E-state index in [1.165, 1.54) is 5.54 Å². The zero-order valence-electron chi connectivity index (χ0n) is 6.22. The molecule has 0 radical (unpaired) electrons. The molecule has 0 spiro atoms. The van der Waals surface area contributed by atoms with Crippen LogP contribution in [0.3, 0.4) is 0 Å². The van der Waals surface area contributed by atoms with Crippen molar-refractivity contribution in [2.24, 2.45) is 5.73 Å². The molecule has 0 rings (SSSR count). The molecule has 11 heavy (non-hydrogen) atoms. The average Bonchev–Trinajstić information content (AvgIpc) is 1.97. The van der Waals surface area contributed by atoms with Crippen LogP contribution in [0, 0.1) is 0 Å². The van der Waals surface area contributed by atoms with Crippen molar-refractivity contribution in [3.63, 3.8) is 0 Å². The minimum Gasteiger partial charge on any atom is -0.480 e. The summed E-state index contributed by atoms with van der Waals surface area (Å²) in [6.45, 7) is 0.513. The van der Waals surface area contributed by atoms with Gasteiger partial charge in [0.15, 0.2) is 0 Å². The highest BCUT2D eigenvalue weighted by Gasteiger charge is 2.15. The molecule has 0 unspecified atom stereocenters. The van der Waals surface area contributed by atoms with Crippen molar-refractivity contribution < 1.29 is 14.4 Å². The first-order chi connectivity index (χ1) is 5.22. The van der Waals surface area contributed by atoms with Gasteiger partial charge in [0.2, 0.25) is 0 Å². The maximum absolute atomic E-state index is 11.7. The zero-order chi connectivity index (χ0) is 8.69. The fraction of sp³-hybridized carbons (Fsp3) is 0.833. The van der Waals surface area contributed by atoms with E-state index in [2.05, 4.69) is 0 Å². The third-order valence-corrected chi connectivity index (χ3v) is 1.38. The van der Waals surface area contributed by atoms with Gasteiger partial charge in [-0.1, -0.05) is 0 Å². The SMILES string of the molecule is NCCCC[C@H](NF)C(=O)O. The number of nitrogens with two attached hydrogens (primary N) is 1. The molecule has 0 aliphatic carbocycles. The van der Waals surface area contributed by atoms with Crippen LogP contribution in [-0.2, 0) is 4.79 Å². The number of nitrogens with one attached hydrogen (secondary N) is 1. The lowest BCUT2D eigenvalue weighted by atomic mass is 10.1. The highest BCUT2D eigenvalue weighted by Crippen LogP contribution is 2.00. The summed E-state index contributed by atoms with van der Waals surface area (Å²) in [6.07, 6.45) is 1.64. The molecule has 4 nitrogen and oxygen atoms in total. The van der Waals surface area contributed by atoms with E-state index in [0.29, 0.717) is 13.0 Å². The Morgan fingerprint density at radius 3 is 2.64 bits per heavy atom. The minimum absolute atomic E-state index is 0.281. The summed E-state index contributed by atoms with van der Waals surface area (Å²) in [4.78, 5) is 10.2. The standard InChI is InChI=1S/C6H13FN2O2/c7-9-5(6(10)11)3-1-2-4-8/h5,9H,1-4,8H2,(H,10,11)/t5-/m0/s1. The molecule has 0 aliphatic heterocycles. The predicted molar refractivity (Wildman–Crippen MR) is 38.6 cm³/mol. The monoisotopic (exact) mass is 164 g/mol. The van der Waals surface area contributed by atoms with Gasteiger partial charge in [-0.2, -0.15) is 0 Å². The molecule has 0 aliphatic rings. The summed E-state index contributed by atoms with van der Waals surface area (Å²) in [6, 6.07) is -1.08. The van der Waals surface area contributed by atoms with Crippen molar-refractivity contribution in [3.05, 3.63) is 0 Å². The van der Waals surface area contributed by atoms with Crippen molar-refractivity contribution in [1.29, 1.82) is 0 Å². The number of rotatable bonds is 6. The van der Waals surface area contributed by atoms with E-state index in [1.807, 2.05) is 0 Å². The fourth-order valence-corrected chi connectivity index (χ4v) is 0.717. The van der Waals surface area contributed by atoms with Gasteiger partial charge in [0.1, 0.15) is 6.04 Å². The Hall–Kier alpha value is -0.680. The normalized spacial score (nSPS) is 12.9. The highest BCUT2D eigenvalue weighted by atomic mass is 19.2. The Balaban J connectivity index is 3.44. The molecule has 0 aromatic rings.